The molecule has 9 heteroatoms. The maximum atomic E-state index is 12.4. The van der Waals surface area contributed by atoms with Crippen LogP contribution in [-0.2, 0) is 16.1 Å². The first-order valence-corrected chi connectivity index (χ1v) is 7.99. The second kappa shape index (κ2) is 8.93. The fourth-order valence-corrected chi connectivity index (χ4v) is 2.38. The van der Waals surface area contributed by atoms with Gasteiger partial charge in [-0.2, -0.15) is 0 Å². The number of hydrogen-bond acceptors (Lipinski definition) is 5. The van der Waals surface area contributed by atoms with E-state index in [2.05, 4.69) is 5.32 Å². The Morgan fingerprint density at radius 2 is 1.88 bits per heavy atom. The molecular formula is C17H16ClN3O5. The van der Waals surface area contributed by atoms with Crippen LogP contribution in [-0.4, -0.2) is 39.9 Å². The van der Waals surface area contributed by atoms with Gasteiger partial charge in [0.2, 0.25) is 0 Å². The zero-order chi connectivity index (χ0) is 19.1. The molecule has 0 unspecified atom stereocenters. The van der Waals surface area contributed by atoms with Gasteiger partial charge in [0.15, 0.2) is 0 Å². The van der Waals surface area contributed by atoms with Crippen LogP contribution in [0.25, 0.3) is 0 Å². The number of nitrogens with one attached hydrogen (secondary N) is 1. The topological polar surface area (TPSA) is 113 Å². The molecule has 0 aliphatic rings. The predicted molar refractivity (Wildman–Crippen MR) is 95.7 cm³/mol. The van der Waals surface area contributed by atoms with E-state index in [-0.39, 0.29) is 36.1 Å². The number of nitro benzene ring substituents is 1. The van der Waals surface area contributed by atoms with E-state index in [4.69, 9.17) is 16.7 Å². The first kappa shape index (κ1) is 19.4. The van der Waals surface area contributed by atoms with Gasteiger partial charge in [0, 0.05) is 25.2 Å². The molecule has 0 radical (unpaired) electrons. The number of aliphatic hydroxyl groups is 1. The minimum Gasteiger partial charge on any atom is -0.395 e. The maximum Gasteiger partial charge on any atom is 0.313 e. The highest BCUT2D eigenvalue weighted by Crippen LogP contribution is 2.26. The second-order valence-electron chi connectivity index (χ2n) is 5.31. The third kappa shape index (κ3) is 5.01. The van der Waals surface area contributed by atoms with Crippen LogP contribution in [0, 0.1) is 10.1 Å². The van der Waals surface area contributed by atoms with Crippen molar-refractivity contribution in [1.82, 2.24) is 4.90 Å². The Morgan fingerprint density at radius 1 is 1.19 bits per heavy atom. The zero-order valence-electron chi connectivity index (χ0n) is 13.6. The summed E-state index contributed by atoms with van der Waals surface area (Å²) in [5.74, 6) is -1.89. The van der Waals surface area contributed by atoms with E-state index in [1.54, 1.807) is 24.3 Å². The number of aliphatic hydroxyl groups excluding tert-OH is 1. The molecule has 0 aromatic heterocycles. The predicted octanol–water partition coefficient (Wildman–Crippen LogP) is 2.21. The third-order valence-electron chi connectivity index (χ3n) is 3.48. The summed E-state index contributed by atoms with van der Waals surface area (Å²) in [6, 6.07) is 12.5. The number of amides is 2. The summed E-state index contributed by atoms with van der Waals surface area (Å²) in [6.45, 7) is -0.219. The van der Waals surface area contributed by atoms with E-state index >= 15 is 0 Å². The highest BCUT2D eigenvalue weighted by atomic mass is 35.5. The van der Waals surface area contributed by atoms with Crippen molar-refractivity contribution >= 4 is 34.8 Å². The number of halogens is 1. The van der Waals surface area contributed by atoms with Gasteiger partial charge in [0.25, 0.3) is 5.69 Å². The zero-order valence-corrected chi connectivity index (χ0v) is 14.3. The van der Waals surface area contributed by atoms with Crippen molar-refractivity contribution in [2.75, 3.05) is 18.5 Å². The molecule has 26 heavy (non-hydrogen) atoms. The molecule has 2 N–H and O–H groups in total. The van der Waals surface area contributed by atoms with Gasteiger partial charge >= 0.3 is 11.8 Å². The minimum atomic E-state index is -1.00. The molecule has 0 atom stereocenters. The Morgan fingerprint density at radius 3 is 2.50 bits per heavy atom. The number of hydrogen-bond donors (Lipinski definition) is 2. The Hall–Kier alpha value is -2.97. The fraction of sp³-hybridized carbons (Fsp3) is 0.176. The van der Waals surface area contributed by atoms with Crippen molar-refractivity contribution in [3.63, 3.8) is 0 Å². The smallest absolute Gasteiger partial charge is 0.313 e. The number of non-ortho nitro benzene ring substituents is 1. The lowest BCUT2D eigenvalue weighted by Crippen LogP contribution is -2.40. The van der Waals surface area contributed by atoms with Crippen LogP contribution in [0.1, 0.15) is 5.56 Å². The number of nitrogens with zero attached hydrogens (tertiary/aromatic N) is 2. The summed E-state index contributed by atoms with van der Waals surface area (Å²) in [4.78, 5) is 36.0. The van der Waals surface area contributed by atoms with Crippen molar-refractivity contribution in [3.8, 4) is 0 Å². The molecule has 0 bridgehead atoms. The van der Waals surface area contributed by atoms with Gasteiger partial charge in [0.1, 0.15) is 0 Å². The number of carbonyl (C=O) groups excluding carboxylic acids is 2. The lowest BCUT2D eigenvalue weighted by molar-refractivity contribution is -0.384. The molecule has 0 aliphatic carbocycles. The quantitative estimate of drug-likeness (QED) is 0.455. The number of anilines is 1. The lowest BCUT2D eigenvalue weighted by Gasteiger charge is -2.21. The van der Waals surface area contributed by atoms with Crippen molar-refractivity contribution in [1.29, 1.82) is 0 Å². The van der Waals surface area contributed by atoms with Gasteiger partial charge in [-0.25, -0.2) is 0 Å². The third-order valence-corrected chi connectivity index (χ3v) is 3.81. The van der Waals surface area contributed by atoms with E-state index < -0.39 is 16.7 Å². The van der Waals surface area contributed by atoms with Gasteiger partial charge < -0.3 is 15.3 Å². The number of nitro groups is 1. The molecule has 2 amide bonds. The molecule has 0 spiro atoms. The molecule has 0 heterocycles. The van der Waals surface area contributed by atoms with E-state index in [0.29, 0.717) is 0 Å². The summed E-state index contributed by atoms with van der Waals surface area (Å²) < 4.78 is 0. The van der Waals surface area contributed by atoms with Crippen LogP contribution >= 0.6 is 11.6 Å². The molecule has 0 saturated heterocycles. The second-order valence-corrected chi connectivity index (χ2v) is 5.72. The largest absolute Gasteiger partial charge is 0.395 e. The van der Waals surface area contributed by atoms with Crippen molar-refractivity contribution in [3.05, 3.63) is 69.2 Å². The van der Waals surface area contributed by atoms with Crippen molar-refractivity contribution < 1.29 is 19.6 Å². The van der Waals surface area contributed by atoms with E-state index in [9.17, 15) is 19.7 Å². The van der Waals surface area contributed by atoms with Crippen LogP contribution in [0.2, 0.25) is 5.02 Å². The first-order valence-electron chi connectivity index (χ1n) is 7.61. The van der Waals surface area contributed by atoms with E-state index in [1.807, 2.05) is 6.07 Å². The Labute approximate surface area is 154 Å². The lowest BCUT2D eigenvalue weighted by atomic mass is 10.2. The van der Waals surface area contributed by atoms with Crippen LogP contribution in [0.15, 0.2) is 48.5 Å². The first-order chi connectivity index (χ1) is 12.4. The van der Waals surface area contributed by atoms with Gasteiger partial charge in [0.05, 0.1) is 22.2 Å². The molecule has 2 aromatic carbocycles. The average molecular weight is 378 g/mol. The SMILES string of the molecule is O=C(Nc1cc([N+](=O)[O-])ccc1Cl)C(=O)N(CCO)Cc1ccccc1. The Balaban J connectivity index is 2.15. The van der Waals surface area contributed by atoms with E-state index in [1.165, 1.54) is 17.0 Å². The van der Waals surface area contributed by atoms with E-state index in [0.717, 1.165) is 11.6 Å². The molecule has 8 nitrogen and oxygen atoms in total. The van der Waals surface area contributed by atoms with Gasteiger partial charge in [-0.1, -0.05) is 41.9 Å². The summed E-state index contributed by atoms with van der Waals surface area (Å²) in [5.41, 5.74) is 0.479. The molecule has 2 aromatic rings. The minimum absolute atomic E-state index is 0.0379. The molecule has 2 rings (SSSR count). The summed E-state index contributed by atoms with van der Waals surface area (Å²) >= 11 is 5.92. The van der Waals surface area contributed by atoms with Gasteiger partial charge in [-0.3, -0.25) is 19.7 Å². The average Bonchev–Trinajstić information content (AvgIpc) is 2.63. The highest BCUT2D eigenvalue weighted by Gasteiger charge is 2.23. The number of rotatable bonds is 6. The fourth-order valence-electron chi connectivity index (χ4n) is 2.22. The van der Waals surface area contributed by atoms with Crippen LogP contribution in [0.4, 0.5) is 11.4 Å². The Bertz CT molecular complexity index is 813. The van der Waals surface area contributed by atoms with Crippen LogP contribution < -0.4 is 5.32 Å². The standard InChI is InChI=1S/C17H16ClN3O5/c18-14-7-6-13(21(25)26)10-15(14)19-16(23)17(24)20(8-9-22)11-12-4-2-1-3-5-12/h1-7,10,22H,8-9,11H2,(H,19,23). The summed E-state index contributed by atoms with van der Waals surface area (Å²) in [5, 5.41) is 22.3. The highest BCUT2D eigenvalue weighted by molar-refractivity contribution is 6.41. The molecule has 0 fully saturated rings. The molecule has 0 saturated carbocycles. The summed E-state index contributed by atoms with van der Waals surface area (Å²) in [7, 11) is 0. The van der Waals surface area contributed by atoms with Gasteiger partial charge in [-0.15, -0.1) is 0 Å². The molecular weight excluding hydrogens is 362 g/mol. The molecule has 136 valence electrons. The van der Waals surface area contributed by atoms with Crippen LogP contribution in [0.3, 0.4) is 0 Å². The van der Waals surface area contributed by atoms with Gasteiger partial charge in [-0.05, 0) is 11.6 Å². The maximum absolute atomic E-state index is 12.4. The van der Waals surface area contributed by atoms with Crippen molar-refractivity contribution in [2.24, 2.45) is 0 Å². The number of benzene rings is 2. The van der Waals surface area contributed by atoms with Crippen molar-refractivity contribution in [2.45, 2.75) is 6.54 Å². The normalized spacial score (nSPS) is 10.2. The number of carbonyl (C=O) groups is 2. The molecule has 0 aliphatic heterocycles. The van der Waals surface area contributed by atoms with Crippen LogP contribution in [0.5, 0.6) is 0 Å². The monoisotopic (exact) mass is 377 g/mol. The summed E-state index contributed by atoms with van der Waals surface area (Å²) in [6.07, 6.45) is 0. The Kier molecular flexibility index (Phi) is 6.65.